The van der Waals surface area contributed by atoms with Crippen LogP contribution in [0.15, 0.2) is 22.9 Å². The molecule has 1 N–H and O–H groups in total. The molecular formula is C10H11NO2. The summed E-state index contributed by atoms with van der Waals surface area (Å²) >= 11 is 0. The van der Waals surface area contributed by atoms with Gasteiger partial charge < -0.3 is 9.52 Å². The lowest BCUT2D eigenvalue weighted by Gasteiger charge is -2.02. The molecule has 0 aliphatic rings. The number of fused-ring (bicyclic) bond motifs is 1. The number of aryl methyl sites for hydroxylation is 1. The molecule has 68 valence electrons. The van der Waals surface area contributed by atoms with E-state index in [9.17, 15) is 0 Å². The van der Waals surface area contributed by atoms with E-state index < -0.39 is 0 Å². The van der Waals surface area contributed by atoms with Gasteiger partial charge in [-0.05, 0) is 30.5 Å². The molecule has 0 radical (unpaired) electrons. The van der Waals surface area contributed by atoms with Crippen LogP contribution in [0, 0.1) is 6.92 Å². The van der Waals surface area contributed by atoms with Crippen molar-refractivity contribution < 1.29 is 9.52 Å². The number of rotatable bonds is 2. The van der Waals surface area contributed by atoms with E-state index in [-0.39, 0.29) is 6.61 Å². The molecule has 0 aliphatic heterocycles. The van der Waals surface area contributed by atoms with Crippen LogP contribution in [0.4, 0.5) is 0 Å². The standard InChI is InChI=1S/C10H11NO2/c1-7-2-3-9-10(11-6-13-9)8(7)4-5-12/h2-3,6,12H,4-5H2,1H3. The highest BCUT2D eigenvalue weighted by Crippen LogP contribution is 2.20. The van der Waals surface area contributed by atoms with Gasteiger partial charge in [0.25, 0.3) is 0 Å². The normalized spacial score (nSPS) is 10.9. The molecule has 0 fully saturated rings. The molecule has 2 rings (SSSR count). The summed E-state index contributed by atoms with van der Waals surface area (Å²) in [4.78, 5) is 4.12. The molecule has 2 aromatic rings. The van der Waals surface area contributed by atoms with Crippen molar-refractivity contribution in [2.45, 2.75) is 13.3 Å². The summed E-state index contributed by atoms with van der Waals surface area (Å²) < 4.78 is 5.17. The fraction of sp³-hybridized carbons (Fsp3) is 0.300. The molecule has 0 saturated carbocycles. The summed E-state index contributed by atoms with van der Waals surface area (Å²) in [7, 11) is 0. The molecule has 0 saturated heterocycles. The largest absolute Gasteiger partial charge is 0.443 e. The van der Waals surface area contributed by atoms with Crippen LogP contribution >= 0.6 is 0 Å². The number of oxazole rings is 1. The number of benzene rings is 1. The van der Waals surface area contributed by atoms with Gasteiger partial charge in [0.05, 0.1) is 0 Å². The summed E-state index contributed by atoms with van der Waals surface area (Å²) in [6.45, 7) is 2.16. The highest BCUT2D eigenvalue weighted by Gasteiger charge is 2.07. The number of hydrogen-bond acceptors (Lipinski definition) is 3. The van der Waals surface area contributed by atoms with Gasteiger partial charge >= 0.3 is 0 Å². The first-order valence-corrected chi connectivity index (χ1v) is 4.25. The van der Waals surface area contributed by atoms with Gasteiger partial charge in [-0.3, -0.25) is 0 Å². The lowest BCUT2D eigenvalue weighted by molar-refractivity contribution is 0.300. The van der Waals surface area contributed by atoms with Crippen LogP contribution in [0.5, 0.6) is 0 Å². The molecule has 1 aromatic carbocycles. The van der Waals surface area contributed by atoms with Crippen molar-refractivity contribution in [3.05, 3.63) is 29.7 Å². The maximum atomic E-state index is 8.88. The third-order valence-corrected chi connectivity index (χ3v) is 2.20. The first kappa shape index (κ1) is 8.26. The van der Waals surface area contributed by atoms with Crippen LogP contribution in [0.2, 0.25) is 0 Å². The molecule has 1 aromatic heterocycles. The molecular weight excluding hydrogens is 166 g/mol. The van der Waals surface area contributed by atoms with Gasteiger partial charge in [0.2, 0.25) is 0 Å². The maximum absolute atomic E-state index is 8.88. The molecule has 3 nitrogen and oxygen atoms in total. The summed E-state index contributed by atoms with van der Waals surface area (Å²) in [6, 6.07) is 3.89. The van der Waals surface area contributed by atoms with Crippen LogP contribution in [-0.2, 0) is 6.42 Å². The zero-order valence-electron chi connectivity index (χ0n) is 7.45. The van der Waals surface area contributed by atoms with Crippen LogP contribution in [0.3, 0.4) is 0 Å². The lowest BCUT2D eigenvalue weighted by Crippen LogP contribution is -1.95. The summed E-state index contributed by atoms with van der Waals surface area (Å²) in [5.74, 6) is 0. The highest BCUT2D eigenvalue weighted by atomic mass is 16.3. The number of nitrogens with zero attached hydrogens (tertiary/aromatic N) is 1. The monoisotopic (exact) mass is 177 g/mol. The Hall–Kier alpha value is -1.35. The van der Waals surface area contributed by atoms with Gasteiger partial charge in [0, 0.05) is 6.61 Å². The average molecular weight is 177 g/mol. The van der Waals surface area contributed by atoms with E-state index in [2.05, 4.69) is 4.98 Å². The van der Waals surface area contributed by atoms with E-state index >= 15 is 0 Å². The van der Waals surface area contributed by atoms with Crippen molar-refractivity contribution in [1.29, 1.82) is 0 Å². The topological polar surface area (TPSA) is 46.3 Å². The number of aliphatic hydroxyl groups is 1. The average Bonchev–Trinajstić information content (AvgIpc) is 2.58. The maximum Gasteiger partial charge on any atom is 0.181 e. The summed E-state index contributed by atoms with van der Waals surface area (Å²) in [5, 5.41) is 8.88. The van der Waals surface area contributed by atoms with Crippen LogP contribution in [-0.4, -0.2) is 16.7 Å². The Kier molecular flexibility index (Phi) is 2.02. The van der Waals surface area contributed by atoms with E-state index in [4.69, 9.17) is 9.52 Å². The number of aliphatic hydroxyl groups excluding tert-OH is 1. The SMILES string of the molecule is Cc1ccc2ocnc2c1CCO. The van der Waals surface area contributed by atoms with Crippen LogP contribution in [0.25, 0.3) is 11.1 Å². The first-order valence-electron chi connectivity index (χ1n) is 4.25. The molecule has 0 bridgehead atoms. The predicted molar refractivity (Wildman–Crippen MR) is 49.5 cm³/mol. The smallest absolute Gasteiger partial charge is 0.181 e. The lowest BCUT2D eigenvalue weighted by atomic mass is 10.0. The predicted octanol–water partition coefficient (Wildman–Crippen LogP) is 1.67. The number of hydrogen-bond donors (Lipinski definition) is 1. The highest BCUT2D eigenvalue weighted by molar-refractivity contribution is 5.77. The molecule has 1 heterocycles. The second-order valence-electron chi connectivity index (χ2n) is 3.03. The Balaban J connectivity index is 2.66. The van der Waals surface area contributed by atoms with Crippen molar-refractivity contribution in [1.82, 2.24) is 4.98 Å². The first-order chi connectivity index (χ1) is 6.33. The van der Waals surface area contributed by atoms with Crippen molar-refractivity contribution in [3.63, 3.8) is 0 Å². The summed E-state index contributed by atoms with van der Waals surface area (Å²) in [6.07, 6.45) is 2.07. The van der Waals surface area contributed by atoms with E-state index in [0.717, 1.165) is 22.2 Å². The van der Waals surface area contributed by atoms with Crippen LogP contribution in [0.1, 0.15) is 11.1 Å². The Bertz CT molecular complexity index is 420. The quantitative estimate of drug-likeness (QED) is 0.759. The molecule has 0 aliphatic carbocycles. The zero-order chi connectivity index (χ0) is 9.26. The van der Waals surface area contributed by atoms with Crippen molar-refractivity contribution in [3.8, 4) is 0 Å². The Morgan fingerprint density at radius 2 is 2.31 bits per heavy atom. The second kappa shape index (κ2) is 3.18. The van der Waals surface area contributed by atoms with Gasteiger partial charge in [-0.1, -0.05) is 6.07 Å². The molecule has 3 heteroatoms. The van der Waals surface area contributed by atoms with E-state index in [1.165, 1.54) is 6.39 Å². The van der Waals surface area contributed by atoms with Gasteiger partial charge in [-0.2, -0.15) is 0 Å². The van der Waals surface area contributed by atoms with E-state index in [0.29, 0.717) is 6.42 Å². The molecule has 0 amide bonds. The van der Waals surface area contributed by atoms with Gasteiger partial charge in [-0.25, -0.2) is 4.98 Å². The van der Waals surface area contributed by atoms with Crippen molar-refractivity contribution in [2.75, 3.05) is 6.61 Å². The molecule has 0 unspecified atom stereocenters. The molecule has 13 heavy (non-hydrogen) atoms. The summed E-state index contributed by atoms with van der Waals surface area (Å²) in [5.41, 5.74) is 3.88. The fourth-order valence-electron chi connectivity index (χ4n) is 1.52. The van der Waals surface area contributed by atoms with Gasteiger partial charge in [0.15, 0.2) is 12.0 Å². The molecule has 0 spiro atoms. The third-order valence-electron chi connectivity index (χ3n) is 2.20. The Morgan fingerprint density at radius 1 is 1.46 bits per heavy atom. The van der Waals surface area contributed by atoms with Gasteiger partial charge in [-0.15, -0.1) is 0 Å². The number of aromatic nitrogens is 1. The Labute approximate surface area is 76.0 Å². The zero-order valence-corrected chi connectivity index (χ0v) is 7.45. The van der Waals surface area contributed by atoms with E-state index in [1.54, 1.807) is 0 Å². The fourth-order valence-corrected chi connectivity index (χ4v) is 1.52. The minimum atomic E-state index is 0.146. The Morgan fingerprint density at radius 3 is 3.08 bits per heavy atom. The second-order valence-corrected chi connectivity index (χ2v) is 3.03. The van der Waals surface area contributed by atoms with Gasteiger partial charge in [0.1, 0.15) is 5.52 Å². The van der Waals surface area contributed by atoms with E-state index in [1.807, 2.05) is 19.1 Å². The minimum Gasteiger partial charge on any atom is -0.443 e. The van der Waals surface area contributed by atoms with Crippen molar-refractivity contribution >= 4 is 11.1 Å². The van der Waals surface area contributed by atoms with Crippen molar-refractivity contribution in [2.24, 2.45) is 0 Å². The minimum absolute atomic E-state index is 0.146. The van der Waals surface area contributed by atoms with Crippen LogP contribution < -0.4 is 0 Å². The molecule has 0 atom stereocenters. The third kappa shape index (κ3) is 1.31.